The van der Waals surface area contributed by atoms with Gasteiger partial charge < -0.3 is 20.5 Å². The van der Waals surface area contributed by atoms with E-state index in [2.05, 4.69) is 10.6 Å². The Labute approximate surface area is 179 Å². The normalized spacial score (nSPS) is 17.2. The van der Waals surface area contributed by atoms with Gasteiger partial charge in [-0.1, -0.05) is 26.0 Å². The number of dihydropyridines is 1. The number of carbonyl (C=O) groups is 3. The lowest BCUT2D eigenvalue weighted by atomic mass is 9.79. The number of hydrogen-bond donors (Lipinski definition) is 3. The summed E-state index contributed by atoms with van der Waals surface area (Å²) in [5.74, 6) is -3.99. The number of hydrogen-bond acceptors (Lipinski definition) is 7. The number of nitrogens with one attached hydrogen (secondary N) is 2. The summed E-state index contributed by atoms with van der Waals surface area (Å²) < 4.78 is 4.89. The number of carbonyl (C=O) groups excluding carboxylic acids is 2. The van der Waals surface area contributed by atoms with Crippen molar-refractivity contribution in [3.63, 3.8) is 0 Å². The SMILES string of the molecule is COC(=O)C1=C(C)NC(C)=C(C(=O)N[C@H](C(=O)O)C(C)C)[C@H]1c1cccc([N+](=O)[O-])c1. The van der Waals surface area contributed by atoms with Crippen molar-refractivity contribution in [2.45, 2.75) is 39.7 Å². The predicted molar refractivity (Wildman–Crippen MR) is 111 cm³/mol. The van der Waals surface area contributed by atoms with Crippen molar-refractivity contribution < 1.29 is 29.2 Å². The number of rotatable bonds is 7. The monoisotopic (exact) mass is 431 g/mol. The van der Waals surface area contributed by atoms with Crippen molar-refractivity contribution in [3.8, 4) is 0 Å². The second kappa shape index (κ2) is 9.41. The third-order valence-corrected chi connectivity index (χ3v) is 5.04. The van der Waals surface area contributed by atoms with E-state index in [4.69, 9.17) is 4.74 Å². The number of esters is 1. The molecule has 1 aromatic rings. The van der Waals surface area contributed by atoms with Crippen LogP contribution in [0.1, 0.15) is 39.2 Å². The van der Waals surface area contributed by atoms with E-state index >= 15 is 0 Å². The van der Waals surface area contributed by atoms with Crippen LogP contribution in [0.5, 0.6) is 0 Å². The van der Waals surface area contributed by atoms with Gasteiger partial charge in [0.05, 0.1) is 23.5 Å². The highest BCUT2D eigenvalue weighted by atomic mass is 16.6. The van der Waals surface area contributed by atoms with Crippen LogP contribution in [0, 0.1) is 16.0 Å². The van der Waals surface area contributed by atoms with Crippen LogP contribution in [0.2, 0.25) is 0 Å². The number of nitro groups is 1. The molecule has 2 rings (SSSR count). The molecule has 1 amide bonds. The Bertz CT molecular complexity index is 994. The number of carboxylic acid groups (broad SMARTS) is 1. The van der Waals surface area contributed by atoms with Gasteiger partial charge >= 0.3 is 11.9 Å². The molecule has 10 heteroatoms. The smallest absolute Gasteiger partial charge is 0.336 e. The Kier molecular flexibility index (Phi) is 7.16. The molecule has 0 spiro atoms. The van der Waals surface area contributed by atoms with Gasteiger partial charge in [0.15, 0.2) is 0 Å². The summed E-state index contributed by atoms with van der Waals surface area (Å²) in [5, 5.41) is 26.2. The van der Waals surface area contributed by atoms with Crippen LogP contribution in [-0.2, 0) is 19.1 Å². The van der Waals surface area contributed by atoms with Gasteiger partial charge in [0.25, 0.3) is 11.6 Å². The molecule has 31 heavy (non-hydrogen) atoms. The van der Waals surface area contributed by atoms with Crippen molar-refractivity contribution in [1.82, 2.24) is 10.6 Å². The van der Waals surface area contributed by atoms with Crippen molar-refractivity contribution in [3.05, 3.63) is 62.5 Å². The minimum Gasteiger partial charge on any atom is -0.480 e. The number of benzene rings is 1. The molecule has 3 N–H and O–H groups in total. The third kappa shape index (κ3) is 4.90. The van der Waals surface area contributed by atoms with Gasteiger partial charge in [-0.05, 0) is 25.3 Å². The lowest BCUT2D eigenvalue weighted by Crippen LogP contribution is -2.47. The van der Waals surface area contributed by atoms with Crippen LogP contribution in [0.4, 0.5) is 5.69 Å². The summed E-state index contributed by atoms with van der Waals surface area (Å²) in [5.41, 5.74) is 1.13. The highest BCUT2D eigenvalue weighted by Crippen LogP contribution is 2.39. The zero-order valence-corrected chi connectivity index (χ0v) is 17.9. The molecule has 2 atom stereocenters. The number of methoxy groups -OCH3 is 1. The summed E-state index contributed by atoms with van der Waals surface area (Å²) in [6.07, 6.45) is 0. The summed E-state index contributed by atoms with van der Waals surface area (Å²) in [6, 6.07) is 4.45. The fourth-order valence-electron chi connectivity index (χ4n) is 3.56. The molecule has 0 aromatic heterocycles. The first-order valence-corrected chi connectivity index (χ1v) is 9.54. The molecular weight excluding hydrogens is 406 g/mol. The Hall–Kier alpha value is -3.69. The van der Waals surface area contributed by atoms with Crippen LogP contribution in [0.15, 0.2) is 46.8 Å². The van der Waals surface area contributed by atoms with Crippen LogP contribution < -0.4 is 10.6 Å². The number of ether oxygens (including phenoxy) is 1. The fourth-order valence-corrected chi connectivity index (χ4v) is 3.56. The van der Waals surface area contributed by atoms with Gasteiger partial charge in [0.1, 0.15) is 6.04 Å². The van der Waals surface area contributed by atoms with Crippen molar-refractivity contribution in [2.75, 3.05) is 7.11 Å². The topological polar surface area (TPSA) is 148 Å². The van der Waals surface area contributed by atoms with Crippen molar-refractivity contribution >= 4 is 23.5 Å². The second-order valence-electron chi connectivity index (χ2n) is 7.51. The van der Waals surface area contributed by atoms with E-state index in [-0.39, 0.29) is 16.8 Å². The maximum atomic E-state index is 13.2. The van der Waals surface area contributed by atoms with Crippen LogP contribution in [0.3, 0.4) is 0 Å². The lowest BCUT2D eigenvalue weighted by molar-refractivity contribution is -0.384. The minimum atomic E-state index is -1.20. The van der Waals surface area contributed by atoms with E-state index in [0.29, 0.717) is 17.0 Å². The molecule has 1 aromatic carbocycles. The zero-order valence-electron chi connectivity index (χ0n) is 17.9. The van der Waals surface area contributed by atoms with Gasteiger partial charge in [0, 0.05) is 29.1 Å². The molecule has 1 heterocycles. The van der Waals surface area contributed by atoms with E-state index in [1.807, 2.05) is 0 Å². The average Bonchev–Trinajstić information content (AvgIpc) is 2.70. The molecule has 0 unspecified atom stereocenters. The number of nitro benzene ring substituents is 1. The summed E-state index contributed by atoms with van der Waals surface area (Å²) in [4.78, 5) is 48.1. The quantitative estimate of drug-likeness (QED) is 0.338. The molecule has 0 saturated carbocycles. The average molecular weight is 431 g/mol. The van der Waals surface area contributed by atoms with Gasteiger partial charge in [0.2, 0.25) is 0 Å². The Morgan fingerprint density at radius 3 is 2.32 bits per heavy atom. The van der Waals surface area contributed by atoms with Crippen LogP contribution in [-0.4, -0.2) is 41.0 Å². The Balaban J connectivity index is 2.66. The summed E-state index contributed by atoms with van der Waals surface area (Å²) in [6.45, 7) is 6.55. The molecule has 166 valence electrons. The van der Waals surface area contributed by atoms with E-state index in [9.17, 15) is 29.6 Å². The first-order valence-electron chi connectivity index (χ1n) is 9.54. The van der Waals surface area contributed by atoms with E-state index in [1.165, 1.54) is 25.3 Å². The first kappa shape index (κ1) is 23.6. The third-order valence-electron chi connectivity index (χ3n) is 5.04. The lowest BCUT2D eigenvalue weighted by Gasteiger charge is -2.31. The van der Waals surface area contributed by atoms with Gasteiger partial charge in [-0.2, -0.15) is 0 Å². The Morgan fingerprint density at radius 2 is 1.81 bits per heavy atom. The highest BCUT2D eigenvalue weighted by molar-refractivity contribution is 6.03. The molecule has 1 aliphatic rings. The summed E-state index contributed by atoms with van der Waals surface area (Å²) in [7, 11) is 1.19. The highest BCUT2D eigenvalue weighted by Gasteiger charge is 2.38. The molecule has 10 nitrogen and oxygen atoms in total. The van der Waals surface area contributed by atoms with E-state index < -0.39 is 40.6 Å². The summed E-state index contributed by atoms with van der Waals surface area (Å²) >= 11 is 0. The van der Waals surface area contributed by atoms with Crippen molar-refractivity contribution in [2.24, 2.45) is 5.92 Å². The number of aliphatic carboxylic acids is 1. The van der Waals surface area contributed by atoms with Gasteiger partial charge in [-0.15, -0.1) is 0 Å². The second-order valence-corrected chi connectivity index (χ2v) is 7.51. The van der Waals surface area contributed by atoms with Crippen LogP contribution in [0.25, 0.3) is 0 Å². The number of amides is 1. The molecule has 0 aliphatic carbocycles. The van der Waals surface area contributed by atoms with Gasteiger partial charge in [-0.3, -0.25) is 14.9 Å². The Morgan fingerprint density at radius 1 is 1.19 bits per heavy atom. The fraction of sp³-hybridized carbons (Fsp3) is 0.381. The number of nitrogens with zero attached hydrogens (tertiary/aromatic N) is 1. The van der Waals surface area contributed by atoms with Gasteiger partial charge in [-0.25, -0.2) is 9.59 Å². The minimum absolute atomic E-state index is 0.0818. The number of carboxylic acids is 1. The predicted octanol–water partition coefficient (Wildman–Crippen LogP) is 2.23. The zero-order chi connectivity index (χ0) is 23.5. The van der Waals surface area contributed by atoms with E-state index in [1.54, 1.807) is 33.8 Å². The van der Waals surface area contributed by atoms with Crippen LogP contribution >= 0.6 is 0 Å². The van der Waals surface area contributed by atoms with Crippen molar-refractivity contribution in [1.29, 1.82) is 0 Å². The van der Waals surface area contributed by atoms with E-state index in [0.717, 1.165) is 0 Å². The molecule has 0 saturated heterocycles. The molecular formula is C21H25N3O7. The molecule has 0 bridgehead atoms. The number of allylic oxidation sites excluding steroid dienone is 2. The standard InChI is InChI=1S/C21H25N3O7/c1-10(2)18(20(26)27)23-19(25)15-11(3)22-12(4)16(21(28)31-5)17(15)13-7-6-8-14(9-13)24(29)30/h6-10,17-18,22H,1-5H3,(H,23,25)(H,26,27)/t17-,18+/m1/s1. The molecule has 0 radical (unpaired) electrons. The maximum absolute atomic E-state index is 13.2. The largest absolute Gasteiger partial charge is 0.480 e. The molecule has 0 fully saturated rings. The first-order chi connectivity index (χ1) is 14.5. The number of non-ortho nitro benzene ring substituents is 1. The molecule has 1 aliphatic heterocycles. The maximum Gasteiger partial charge on any atom is 0.336 e.